The van der Waals surface area contributed by atoms with E-state index < -0.39 is 0 Å². The zero-order chi connectivity index (χ0) is 13.2. The summed E-state index contributed by atoms with van der Waals surface area (Å²) in [6.07, 6.45) is 2.69. The van der Waals surface area contributed by atoms with Crippen molar-refractivity contribution in [3.05, 3.63) is 51.6 Å². The van der Waals surface area contributed by atoms with Gasteiger partial charge in [0.25, 0.3) is 0 Å². The third kappa shape index (κ3) is 2.85. The third-order valence-corrected chi connectivity index (χ3v) is 3.67. The molecule has 0 amide bonds. The van der Waals surface area contributed by atoms with Crippen LogP contribution in [0, 0.1) is 0 Å². The second-order valence-corrected chi connectivity index (χ2v) is 5.72. The van der Waals surface area contributed by atoms with Crippen LogP contribution in [-0.2, 0) is 0 Å². The molecule has 1 aliphatic heterocycles. The molecule has 0 bridgehead atoms. The van der Waals surface area contributed by atoms with Gasteiger partial charge in [-0.05, 0) is 40.2 Å². The molecular formula is C14H12BrClN2O. The Hall–Kier alpha value is -1.26. The maximum Gasteiger partial charge on any atom is 0.132 e. The van der Waals surface area contributed by atoms with Crippen molar-refractivity contribution in [2.75, 3.05) is 11.9 Å². The molecule has 0 radical (unpaired) electrons. The number of halogens is 2. The number of benzene rings is 1. The van der Waals surface area contributed by atoms with Crippen LogP contribution in [0.5, 0.6) is 5.75 Å². The number of hydrogen-bond acceptors (Lipinski definition) is 3. The summed E-state index contributed by atoms with van der Waals surface area (Å²) in [6.45, 7) is 0.854. The molecule has 0 aliphatic carbocycles. The van der Waals surface area contributed by atoms with Crippen LogP contribution in [0.2, 0.25) is 5.02 Å². The molecule has 0 spiro atoms. The summed E-state index contributed by atoms with van der Waals surface area (Å²) in [5.74, 6) is 1.67. The highest BCUT2D eigenvalue weighted by Gasteiger charge is 2.23. The van der Waals surface area contributed by atoms with E-state index in [9.17, 15) is 0 Å². The van der Waals surface area contributed by atoms with E-state index in [1.807, 2.05) is 30.3 Å². The highest BCUT2D eigenvalue weighted by atomic mass is 79.9. The first kappa shape index (κ1) is 12.8. The molecule has 3 nitrogen and oxygen atoms in total. The fraction of sp³-hybridized carbons (Fsp3) is 0.214. The van der Waals surface area contributed by atoms with Gasteiger partial charge in [-0.1, -0.05) is 17.7 Å². The number of rotatable bonds is 2. The molecule has 2 heterocycles. The fourth-order valence-electron chi connectivity index (χ4n) is 2.15. The summed E-state index contributed by atoms with van der Waals surface area (Å²) in [6, 6.07) is 9.51. The van der Waals surface area contributed by atoms with E-state index in [4.69, 9.17) is 16.3 Å². The van der Waals surface area contributed by atoms with Crippen molar-refractivity contribution in [2.45, 2.75) is 12.5 Å². The largest absolute Gasteiger partial charge is 0.485 e. The van der Waals surface area contributed by atoms with E-state index in [2.05, 4.69) is 26.2 Å². The van der Waals surface area contributed by atoms with Crippen LogP contribution in [0.3, 0.4) is 0 Å². The smallest absolute Gasteiger partial charge is 0.132 e. The van der Waals surface area contributed by atoms with Gasteiger partial charge in [-0.25, -0.2) is 4.98 Å². The monoisotopic (exact) mass is 338 g/mol. The quantitative estimate of drug-likeness (QED) is 0.878. The van der Waals surface area contributed by atoms with Crippen LogP contribution in [0.4, 0.5) is 5.82 Å². The van der Waals surface area contributed by atoms with Crippen LogP contribution in [0.25, 0.3) is 0 Å². The molecule has 1 N–H and O–H groups in total. The van der Waals surface area contributed by atoms with Crippen LogP contribution in [0.1, 0.15) is 18.1 Å². The Balaban J connectivity index is 1.89. The maximum absolute atomic E-state index is 6.03. The van der Waals surface area contributed by atoms with Crippen molar-refractivity contribution in [2.24, 2.45) is 0 Å². The van der Waals surface area contributed by atoms with Gasteiger partial charge >= 0.3 is 0 Å². The molecule has 0 saturated carbocycles. The molecule has 1 aromatic carbocycles. The molecule has 3 rings (SSSR count). The number of pyridine rings is 1. The summed E-state index contributed by atoms with van der Waals surface area (Å²) in [4.78, 5) is 4.36. The van der Waals surface area contributed by atoms with Crippen LogP contribution < -0.4 is 10.1 Å². The molecule has 98 valence electrons. The number of fused-ring (bicyclic) bond motifs is 1. The van der Waals surface area contributed by atoms with Gasteiger partial charge in [0.2, 0.25) is 0 Å². The van der Waals surface area contributed by atoms with E-state index in [1.54, 1.807) is 6.20 Å². The molecular weight excluding hydrogens is 328 g/mol. The average Bonchev–Trinajstić information content (AvgIpc) is 2.39. The Morgan fingerprint density at radius 1 is 1.37 bits per heavy atom. The number of aromatic nitrogens is 1. The van der Waals surface area contributed by atoms with Crippen molar-refractivity contribution in [3.8, 4) is 5.75 Å². The summed E-state index contributed by atoms with van der Waals surface area (Å²) < 4.78 is 6.99. The number of nitrogens with one attached hydrogen (secondary N) is 1. The first-order chi connectivity index (χ1) is 9.22. The van der Waals surface area contributed by atoms with Crippen LogP contribution in [0.15, 0.2) is 41.0 Å². The zero-order valence-corrected chi connectivity index (χ0v) is 12.4. The lowest BCUT2D eigenvalue weighted by molar-refractivity contribution is 0.195. The molecule has 19 heavy (non-hydrogen) atoms. The van der Waals surface area contributed by atoms with E-state index in [0.29, 0.717) is 5.02 Å². The number of ether oxygens (including phenoxy) is 1. The van der Waals surface area contributed by atoms with Gasteiger partial charge in [-0.3, -0.25) is 0 Å². The number of nitrogens with zero attached hydrogens (tertiary/aromatic N) is 1. The van der Waals surface area contributed by atoms with Gasteiger partial charge < -0.3 is 10.1 Å². The molecule has 0 saturated heterocycles. The van der Waals surface area contributed by atoms with Crippen LogP contribution >= 0.6 is 27.5 Å². The van der Waals surface area contributed by atoms with Crippen molar-refractivity contribution in [1.29, 1.82) is 0 Å². The van der Waals surface area contributed by atoms with E-state index in [1.165, 1.54) is 0 Å². The summed E-state index contributed by atoms with van der Waals surface area (Å²) >= 11 is 9.42. The molecule has 1 atom stereocenters. The molecule has 0 fully saturated rings. The second kappa shape index (κ2) is 5.39. The lowest BCUT2D eigenvalue weighted by Crippen LogP contribution is -2.21. The van der Waals surface area contributed by atoms with Gasteiger partial charge in [-0.2, -0.15) is 0 Å². The van der Waals surface area contributed by atoms with Crippen LogP contribution in [-0.4, -0.2) is 11.5 Å². The van der Waals surface area contributed by atoms with Crippen molar-refractivity contribution in [3.63, 3.8) is 0 Å². The first-order valence-electron chi connectivity index (χ1n) is 6.04. The lowest BCUT2D eigenvalue weighted by Gasteiger charge is -2.26. The molecule has 1 aliphatic rings. The van der Waals surface area contributed by atoms with E-state index >= 15 is 0 Å². The second-order valence-electron chi connectivity index (χ2n) is 4.37. The van der Waals surface area contributed by atoms with E-state index in [0.717, 1.165) is 34.6 Å². The molecule has 5 heteroatoms. The maximum atomic E-state index is 6.03. The average molecular weight is 340 g/mol. The van der Waals surface area contributed by atoms with Gasteiger partial charge in [0, 0.05) is 34.2 Å². The zero-order valence-electron chi connectivity index (χ0n) is 10.1. The third-order valence-electron chi connectivity index (χ3n) is 3.00. The van der Waals surface area contributed by atoms with Gasteiger partial charge in [-0.15, -0.1) is 0 Å². The number of hydrogen-bond donors (Lipinski definition) is 1. The van der Waals surface area contributed by atoms with Gasteiger partial charge in [0.05, 0.1) is 0 Å². The minimum Gasteiger partial charge on any atom is -0.485 e. The Bertz CT molecular complexity index is 606. The SMILES string of the molecule is Clc1cccc(O[C@@H]2CCNc3ncc(Br)cc32)c1. The highest BCUT2D eigenvalue weighted by Crippen LogP contribution is 2.34. The summed E-state index contributed by atoms with van der Waals surface area (Å²) in [5, 5.41) is 3.96. The van der Waals surface area contributed by atoms with Gasteiger partial charge in [0.15, 0.2) is 0 Å². The Morgan fingerprint density at radius 3 is 3.11 bits per heavy atom. The molecule has 2 aromatic rings. The Labute approximate surface area is 125 Å². The predicted octanol–water partition coefficient (Wildman–Crippen LogP) is 4.43. The lowest BCUT2D eigenvalue weighted by atomic mass is 10.0. The highest BCUT2D eigenvalue weighted by molar-refractivity contribution is 9.10. The standard InChI is InChI=1S/C14H12BrClN2O/c15-9-6-12-13(4-5-17-14(12)18-8-9)19-11-3-1-2-10(16)7-11/h1-3,6-8,13H,4-5H2,(H,17,18)/t13-/m1/s1. The first-order valence-corrected chi connectivity index (χ1v) is 7.21. The van der Waals surface area contributed by atoms with E-state index in [-0.39, 0.29) is 6.10 Å². The Morgan fingerprint density at radius 2 is 2.26 bits per heavy atom. The minimum atomic E-state index is -0.000262. The normalized spacial score (nSPS) is 17.5. The molecule has 0 unspecified atom stereocenters. The van der Waals surface area contributed by atoms with Crippen molar-refractivity contribution < 1.29 is 4.74 Å². The van der Waals surface area contributed by atoms with Crippen molar-refractivity contribution in [1.82, 2.24) is 4.98 Å². The fourth-order valence-corrected chi connectivity index (χ4v) is 2.68. The van der Waals surface area contributed by atoms with Gasteiger partial charge in [0.1, 0.15) is 17.7 Å². The summed E-state index contributed by atoms with van der Waals surface area (Å²) in [5.41, 5.74) is 1.07. The Kier molecular flexibility index (Phi) is 3.62. The number of anilines is 1. The topological polar surface area (TPSA) is 34.1 Å². The minimum absolute atomic E-state index is 0.000262. The predicted molar refractivity (Wildman–Crippen MR) is 79.9 cm³/mol. The van der Waals surface area contributed by atoms with Crippen molar-refractivity contribution >= 4 is 33.3 Å². The summed E-state index contributed by atoms with van der Waals surface area (Å²) in [7, 11) is 0. The molecule has 1 aromatic heterocycles.